The lowest BCUT2D eigenvalue weighted by molar-refractivity contribution is 1.07. The number of hydrogen-bond donors (Lipinski definition) is 2. The number of thiazole rings is 1. The van der Waals surface area contributed by atoms with E-state index in [1.54, 1.807) is 6.20 Å². The number of aromatic nitrogens is 1. The fourth-order valence-corrected chi connectivity index (χ4v) is 1.90. The molecule has 0 unspecified atom stereocenters. The van der Waals surface area contributed by atoms with Crippen LogP contribution >= 0.6 is 22.9 Å². The van der Waals surface area contributed by atoms with E-state index >= 15 is 0 Å². The third-order valence-electron chi connectivity index (χ3n) is 1.94. The Kier molecular flexibility index (Phi) is 3.20. The van der Waals surface area contributed by atoms with Crippen LogP contribution in [0.25, 0.3) is 0 Å². The molecule has 1 heterocycles. The molecule has 0 aliphatic heterocycles. The van der Waals surface area contributed by atoms with Crippen LogP contribution in [0.5, 0.6) is 0 Å². The molecule has 0 atom stereocenters. The van der Waals surface area contributed by atoms with E-state index in [1.165, 1.54) is 11.3 Å². The quantitative estimate of drug-likeness (QED) is 0.866. The molecule has 0 radical (unpaired) electrons. The molecule has 0 bridgehead atoms. The summed E-state index contributed by atoms with van der Waals surface area (Å²) in [4.78, 5) is 4.13. The first-order chi connectivity index (χ1) is 7.29. The van der Waals surface area contributed by atoms with Gasteiger partial charge >= 0.3 is 0 Å². The number of nitrogens with two attached hydrogens (primary N) is 1. The monoisotopic (exact) mass is 239 g/mol. The molecule has 3 nitrogen and oxygen atoms in total. The molecule has 5 heteroatoms. The highest BCUT2D eigenvalue weighted by Crippen LogP contribution is 2.27. The minimum absolute atomic E-state index is 0.504. The first kappa shape index (κ1) is 10.4. The van der Waals surface area contributed by atoms with Gasteiger partial charge in [0.05, 0.1) is 10.7 Å². The first-order valence-electron chi connectivity index (χ1n) is 4.44. The van der Waals surface area contributed by atoms with Gasteiger partial charge < -0.3 is 11.1 Å². The normalized spacial score (nSPS) is 10.3. The van der Waals surface area contributed by atoms with Gasteiger partial charge in [-0.05, 0) is 17.7 Å². The summed E-state index contributed by atoms with van der Waals surface area (Å²) >= 11 is 7.57. The van der Waals surface area contributed by atoms with Gasteiger partial charge in [-0.15, -0.1) is 11.3 Å². The predicted molar refractivity (Wildman–Crippen MR) is 64.7 cm³/mol. The molecule has 1 aromatic carbocycles. The molecule has 0 saturated carbocycles. The van der Waals surface area contributed by atoms with Crippen molar-refractivity contribution < 1.29 is 0 Å². The number of rotatable bonds is 3. The summed E-state index contributed by atoms with van der Waals surface area (Å²) in [5.74, 6) is 0. The fraction of sp³-hybridized carbons (Fsp3) is 0.100. The zero-order chi connectivity index (χ0) is 10.7. The summed E-state index contributed by atoms with van der Waals surface area (Å²) in [6, 6.07) is 5.68. The van der Waals surface area contributed by atoms with E-state index in [9.17, 15) is 0 Å². The SMILES string of the molecule is NCc1ccc(Cl)c(Nc2nccs2)c1. The molecule has 15 heavy (non-hydrogen) atoms. The van der Waals surface area contributed by atoms with Gasteiger partial charge in [0.25, 0.3) is 0 Å². The van der Waals surface area contributed by atoms with Gasteiger partial charge in [0.1, 0.15) is 0 Å². The lowest BCUT2D eigenvalue weighted by atomic mass is 10.2. The molecule has 2 aromatic rings. The maximum Gasteiger partial charge on any atom is 0.187 e. The van der Waals surface area contributed by atoms with E-state index in [-0.39, 0.29) is 0 Å². The zero-order valence-electron chi connectivity index (χ0n) is 7.90. The van der Waals surface area contributed by atoms with Crippen LogP contribution < -0.4 is 11.1 Å². The van der Waals surface area contributed by atoms with Crippen LogP contribution in [0.4, 0.5) is 10.8 Å². The number of nitrogens with zero attached hydrogens (tertiary/aromatic N) is 1. The number of nitrogens with one attached hydrogen (secondary N) is 1. The third-order valence-corrected chi connectivity index (χ3v) is 2.96. The smallest absolute Gasteiger partial charge is 0.187 e. The third kappa shape index (κ3) is 2.47. The topological polar surface area (TPSA) is 50.9 Å². The van der Waals surface area contributed by atoms with Crippen LogP contribution in [-0.2, 0) is 6.54 Å². The van der Waals surface area contributed by atoms with Crippen molar-refractivity contribution >= 4 is 33.8 Å². The maximum absolute atomic E-state index is 6.04. The van der Waals surface area contributed by atoms with Gasteiger partial charge in [0, 0.05) is 18.1 Å². The summed E-state index contributed by atoms with van der Waals surface area (Å²) in [7, 11) is 0. The van der Waals surface area contributed by atoms with E-state index in [0.29, 0.717) is 11.6 Å². The summed E-state index contributed by atoms with van der Waals surface area (Å²) in [5, 5.41) is 6.55. The Bertz CT molecular complexity index is 442. The molecular weight excluding hydrogens is 230 g/mol. The van der Waals surface area contributed by atoms with Gasteiger partial charge in [-0.2, -0.15) is 0 Å². The number of hydrogen-bond acceptors (Lipinski definition) is 4. The van der Waals surface area contributed by atoms with Gasteiger partial charge in [-0.3, -0.25) is 0 Å². The van der Waals surface area contributed by atoms with Crippen LogP contribution in [0.3, 0.4) is 0 Å². The lowest BCUT2D eigenvalue weighted by Gasteiger charge is -2.06. The molecule has 0 saturated heterocycles. The molecule has 1 aromatic heterocycles. The van der Waals surface area contributed by atoms with E-state index in [2.05, 4.69) is 10.3 Å². The first-order valence-corrected chi connectivity index (χ1v) is 5.70. The van der Waals surface area contributed by atoms with Crippen molar-refractivity contribution in [1.82, 2.24) is 4.98 Å². The van der Waals surface area contributed by atoms with Gasteiger partial charge in [-0.25, -0.2) is 4.98 Å². The Labute approximate surface area is 96.9 Å². The second-order valence-electron chi connectivity index (χ2n) is 2.98. The molecule has 0 spiro atoms. The Hall–Kier alpha value is -1.10. The molecule has 78 valence electrons. The average Bonchev–Trinajstić information content (AvgIpc) is 2.74. The van der Waals surface area contributed by atoms with E-state index in [0.717, 1.165) is 16.4 Å². The molecule has 2 rings (SSSR count). The summed E-state index contributed by atoms with van der Waals surface area (Å²) in [6.07, 6.45) is 1.74. The minimum Gasteiger partial charge on any atom is -0.330 e. The number of benzene rings is 1. The fourth-order valence-electron chi connectivity index (χ4n) is 1.20. The lowest BCUT2D eigenvalue weighted by Crippen LogP contribution is -1.98. The van der Waals surface area contributed by atoms with Gasteiger partial charge in [0.2, 0.25) is 0 Å². The van der Waals surface area contributed by atoms with Crippen molar-refractivity contribution in [3.63, 3.8) is 0 Å². The van der Waals surface area contributed by atoms with Crippen LogP contribution in [0.15, 0.2) is 29.8 Å². The molecule has 0 aliphatic rings. The largest absolute Gasteiger partial charge is 0.330 e. The summed E-state index contributed by atoms with van der Waals surface area (Å²) < 4.78 is 0. The van der Waals surface area contributed by atoms with Crippen molar-refractivity contribution in [2.75, 3.05) is 5.32 Å². The van der Waals surface area contributed by atoms with Crippen molar-refractivity contribution in [1.29, 1.82) is 0 Å². The van der Waals surface area contributed by atoms with Gasteiger partial charge in [-0.1, -0.05) is 17.7 Å². The Balaban J connectivity index is 2.27. The molecular formula is C10H10ClN3S. The molecule has 0 aliphatic carbocycles. The predicted octanol–water partition coefficient (Wildman–Crippen LogP) is 3.00. The second kappa shape index (κ2) is 4.61. The Morgan fingerprint density at radius 3 is 3.00 bits per heavy atom. The standard InChI is InChI=1S/C10H10ClN3S/c11-8-2-1-7(6-12)5-9(8)14-10-13-3-4-15-10/h1-5H,6,12H2,(H,13,14). The van der Waals surface area contributed by atoms with E-state index in [1.807, 2.05) is 23.6 Å². The second-order valence-corrected chi connectivity index (χ2v) is 4.28. The highest BCUT2D eigenvalue weighted by molar-refractivity contribution is 7.13. The van der Waals surface area contributed by atoms with Crippen molar-refractivity contribution in [2.24, 2.45) is 5.73 Å². The maximum atomic E-state index is 6.04. The Morgan fingerprint density at radius 2 is 2.33 bits per heavy atom. The number of anilines is 2. The zero-order valence-corrected chi connectivity index (χ0v) is 9.48. The van der Waals surface area contributed by atoms with Crippen LogP contribution in [-0.4, -0.2) is 4.98 Å². The summed E-state index contributed by atoms with van der Waals surface area (Å²) in [5.41, 5.74) is 7.44. The van der Waals surface area contributed by atoms with Crippen molar-refractivity contribution in [3.05, 3.63) is 40.4 Å². The average molecular weight is 240 g/mol. The van der Waals surface area contributed by atoms with Gasteiger partial charge in [0.15, 0.2) is 5.13 Å². The van der Waals surface area contributed by atoms with Crippen molar-refractivity contribution in [3.8, 4) is 0 Å². The Morgan fingerprint density at radius 1 is 1.47 bits per heavy atom. The highest BCUT2D eigenvalue weighted by Gasteiger charge is 2.03. The van der Waals surface area contributed by atoms with Crippen LogP contribution in [0, 0.1) is 0 Å². The minimum atomic E-state index is 0.504. The van der Waals surface area contributed by atoms with Crippen LogP contribution in [0.2, 0.25) is 5.02 Å². The van der Waals surface area contributed by atoms with Crippen molar-refractivity contribution in [2.45, 2.75) is 6.54 Å². The van der Waals surface area contributed by atoms with Crippen LogP contribution in [0.1, 0.15) is 5.56 Å². The summed E-state index contributed by atoms with van der Waals surface area (Å²) in [6.45, 7) is 0.504. The van der Waals surface area contributed by atoms with E-state index < -0.39 is 0 Å². The van der Waals surface area contributed by atoms with E-state index in [4.69, 9.17) is 17.3 Å². The number of halogens is 1. The molecule has 3 N–H and O–H groups in total. The molecule has 0 fully saturated rings. The highest BCUT2D eigenvalue weighted by atomic mass is 35.5. The molecule has 0 amide bonds.